The highest BCUT2D eigenvalue weighted by molar-refractivity contribution is 7.93. The molecule has 5 rings (SSSR count). The molecule has 1 saturated heterocycles. The van der Waals surface area contributed by atoms with Crippen LogP contribution < -0.4 is 4.72 Å². The number of halogens is 2. The first-order chi connectivity index (χ1) is 17.7. The summed E-state index contributed by atoms with van der Waals surface area (Å²) in [5.41, 5.74) is 1.87. The Morgan fingerprint density at radius 3 is 2.46 bits per heavy atom. The average Bonchev–Trinajstić information content (AvgIpc) is 2.88. The Kier molecular flexibility index (Phi) is 6.66. The van der Waals surface area contributed by atoms with E-state index in [2.05, 4.69) is 21.2 Å². The van der Waals surface area contributed by atoms with Crippen molar-refractivity contribution in [1.82, 2.24) is 9.88 Å². The second kappa shape index (κ2) is 9.78. The standard InChI is InChI=1S/C28H25ClFN3O3S/c1-19(33-15-12-28(34,13-16-33)24-6-2-3-7-25(24)29)20-8-10-23(11-9-20)32-37(35,36)26-18-22(30)17-21-5-4-14-31-27(21)26/h2-11,14,17-18,32,34H,1,12-13,15-16H2. The quantitative estimate of drug-likeness (QED) is 0.326. The van der Waals surface area contributed by atoms with E-state index in [0.717, 1.165) is 22.9 Å². The molecule has 9 heteroatoms. The molecule has 1 fully saturated rings. The molecular weight excluding hydrogens is 513 g/mol. The number of rotatable bonds is 6. The lowest BCUT2D eigenvalue weighted by Crippen LogP contribution is -2.41. The van der Waals surface area contributed by atoms with E-state index in [0.29, 0.717) is 42.0 Å². The number of benzene rings is 3. The first kappa shape index (κ1) is 25.2. The summed E-state index contributed by atoms with van der Waals surface area (Å²) in [6, 6.07) is 19.6. The molecule has 0 spiro atoms. The van der Waals surface area contributed by atoms with Crippen LogP contribution >= 0.6 is 11.6 Å². The number of anilines is 1. The molecule has 6 nitrogen and oxygen atoms in total. The average molecular weight is 538 g/mol. The Labute approximate surface area is 220 Å². The number of likely N-dealkylation sites (tertiary alicyclic amines) is 1. The van der Waals surface area contributed by atoms with Gasteiger partial charge in [-0.05, 0) is 54.8 Å². The van der Waals surface area contributed by atoms with Gasteiger partial charge in [-0.1, -0.05) is 54.6 Å². The number of pyridine rings is 1. The van der Waals surface area contributed by atoms with Crippen molar-refractivity contribution in [1.29, 1.82) is 0 Å². The third-order valence-corrected chi connectivity index (χ3v) is 8.47. The SMILES string of the molecule is C=C(c1ccc(NS(=O)(=O)c2cc(F)cc3cccnc23)cc1)N1CCC(O)(c2ccccc2Cl)CC1. The van der Waals surface area contributed by atoms with Crippen molar-refractivity contribution >= 4 is 43.9 Å². The molecule has 2 heterocycles. The van der Waals surface area contributed by atoms with Gasteiger partial charge in [0.2, 0.25) is 0 Å². The van der Waals surface area contributed by atoms with Crippen LogP contribution in [0, 0.1) is 5.82 Å². The molecule has 0 unspecified atom stereocenters. The number of piperidine rings is 1. The van der Waals surface area contributed by atoms with Crippen LogP contribution in [0.15, 0.2) is 90.5 Å². The lowest BCUT2D eigenvalue weighted by molar-refractivity contribution is -0.0138. The summed E-state index contributed by atoms with van der Waals surface area (Å²) < 4.78 is 42.7. The Morgan fingerprint density at radius 2 is 1.76 bits per heavy atom. The normalized spacial score (nSPS) is 15.5. The number of sulfonamides is 1. The number of nitrogens with one attached hydrogen (secondary N) is 1. The molecule has 37 heavy (non-hydrogen) atoms. The van der Waals surface area contributed by atoms with Crippen molar-refractivity contribution in [3.8, 4) is 0 Å². The molecule has 0 atom stereocenters. The first-order valence-corrected chi connectivity index (χ1v) is 13.6. The van der Waals surface area contributed by atoms with E-state index in [1.54, 1.807) is 42.5 Å². The van der Waals surface area contributed by atoms with Gasteiger partial charge in [0.1, 0.15) is 10.7 Å². The number of aromatic nitrogens is 1. The van der Waals surface area contributed by atoms with Crippen LogP contribution in [0.2, 0.25) is 5.02 Å². The summed E-state index contributed by atoms with van der Waals surface area (Å²) in [6.07, 6.45) is 2.47. The number of fused-ring (bicyclic) bond motifs is 1. The minimum Gasteiger partial charge on any atom is -0.385 e. The topological polar surface area (TPSA) is 82.5 Å². The summed E-state index contributed by atoms with van der Waals surface area (Å²) in [6.45, 7) is 5.40. The van der Waals surface area contributed by atoms with Gasteiger partial charge in [0.05, 0.1) is 11.1 Å². The number of aliphatic hydroxyl groups is 1. The predicted octanol–water partition coefficient (Wildman–Crippen LogP) is 5.78. The monoisotopic (exact) mass is 537 g/mol. The molecular formula is C28H25ClFN3O3S. The van der Waals surface area contributed by atoms with Crippen molar-refractivity contribution in [2.45, 2.75) is 23.3 Å². The van der Waals surface area contributed by atoms with Crippen LogP contribution in [-0.4, -0.2) is 36.5 Å². The van der Waals surface area contributed by atoms with E-state index < -0.39 is 21.4 Å². The Hall–Kier alpha value is -3.46. The highest BCUT2D eigenvalue weighted by Crippen LogP contribution is 2.38. The summed E-state index contributed by atoms with van der Waals surface area (Å²) in [4.78, 5) is 5.99. The molecule has 1 aliphatic heterocycles. The predicted molar refractivity (Wildman–Crippen MR) is 144 cm³/mol. The van der Waals surface area contributed by atoms with Gasteiger partial charge in [-0.2, -0.15) is 0 Å². The molecule has 0 saturated carbocycles. The molecule has 3 aromatic carbocycles. The molecule has 4 aromatic rings. The van der Waals surface area contributed by atoms with Crippen LogP contribution in [-0.2, 0) is 15.6 Å². The van der Waals surface area contributed by atoms with Crippen LogP contribution in [0.1, 0.15) is 24.0 Å². The van der Waals surface area contributed by atoms with Gasteiger partial charge in [-0.15, -0.1) is 0 Å². The zero-order chi connectivity index (χ0) is 26.2. The van der Waals surface area contributed by atoms with Crippen LogP contribution in [0.25, 0.3) is 16.6 Å². The van der Waals surface area contributed by atoms with Crippen LogP contribution in [0.4, 0.5) is 10.1 Å². The van der Waals surface area contributed by atoms with Gasteiger partial charge in [0, 0.05) is 46.6 Å². The Morgan fingerprint density at radius 1 is 1.05 bits per heavy atom. The third-order valence-electron chi connectivity index (χ3n) is 6.74. The molecule has 0 aliphatic carbocycles. The van der Waals surface area contributed by atoms with Crippen molar-refractivity contribution in [2.75, 3.05) is 17.8 Å². The second-order valence-corrected chi connectivity index (χ2v) is 11.2. The minimum atomic E-state index is -4.08. The fourth-order valence-electron chi connectivity index (χ4n) is 4.71. The minimum absolute atomic E-state index is 0.197. The molecule has 0 amide bonds. The first-order valence-electron chi connectivity index (χ1n) is 11.8. The molecule has 0 bridgehead atoms. The smallest absolute Gasteiger partial charge is 0.264 e. The fourth-order valence-corrected chi connectivity index (χ4v) is 6.27. The number of nitrogens with zero attached hydrogens (tertiary/aromatic N) is 2. The van der Waals surface area contributed by atoms with Crippen molar-refractivity contribution in [3.63, 3.8) is 0 Å². The van der Waals surface area contributed by atoms with Gasteiger partial charge in [0.25, 0.3) is 10.0 Å². The lowest BCUT2D eigenvalue weighted by Gasteiger charge is -2.40. The molecule has 0 radical (unpaired) electrons. The molecule has 190 valence electrons. The van der Waals surface area contributed by atoms with Crippen LogP contribution in [0.3, 0.4) is 0 Å². The largest absolute Gasteiger partial charge is 0.385 e. The van der Waals surface area contributed by atoms with Crippen LogP contribution in [0.5, 0.6) is 0 Å². The van der Waals surface area contributed by atoms with Gasteiger partial charge >= 0.3 is 0 Å². The van der Waals surface area contributed by atoms with Gasteiger partial charge in [0.15, 0.2) is 0 Å². The Balaban J connectivity index is 1.29. The maximum atomic E-state index is 14.1. The highest BCUT2D eigenvalue weighted by Gasteiger charge is 2.35. The van der Waals surface area contributed by atoms with E-state index in [9.17, 15) is 17.9 Å². The second-order valence-electron chi connectivity index (χ2n) is 9.11. The van der Waals surface area contributed by atoms with Crippen molar-refractivity contribution in [2.24, 2.45) is 0 Å². The van der Waals surface area contributed by atoms with E-state index in [-0.39, 0.29) is 10.4 Å². The highest BCUT2D eigenvalue weighted by atomic mass is 35.5. The summed E-state index contributed by atoms with van der Waals surface area (Å²) in [7, 11) is -4.08. The zero-order valence-corrected chi connectivity index (χ0v) is 21.4. The molecule has 1 aromatic heterocycles. The summed E-state index contributed by atoms with van der Waals surface area (Å²) in [5, 5.41) is 12.1. The lowest BCUT2D eigenvalue weighted by atomic mass is 9.84. The number of hydrogen-bond donors (Lipinski definition) is 2. The van der Waals surface area contributed by atoms with Crippen molar-refractivity contribution < 1.29 is 17.9 Å². The van der Waals surface area contributed by atoms with Gasteiger partial charge in [-0.25, -0.2) is 12.8 Å². The fraction of sp³-hybridized carbons (Fsp3) is 0.179. The molecule has 1 aliphatic rings. The van der Waals surface area contributed by atoms with E-state index in [1.165, 1.54) is 12.3 Å². The molecule has 2 N–H and O–H groups in total. The zero-order valence-electron chi connectivity index (χ0n) is 19.9. The maximum absolute atomic E-state index is 14.1. The van der Waals surface area contributed by atoms with Gasteiger partial charge < -0.3 is 10.0 Å². The number of hydrogen-bond acceptors (Lipinski definition) is 5. The van der Waals surface area contributed by atoms with E-state index in [4.69, 9.17) is 11.6 Å². The Bertz CT molecular complexity index is 1580. The maximum Gasteiger partial charge on any atom is 0.264 e. The van der Waals surface area contributed by atoms with E-state index in [1.807, 2.05) is 18.2 Å². The third kappa shape index (κ3) is 5.05. The van der Waals surface area contributed by atoms with Gasteiger partial charge in [-0.3, -0.25) is 9.71 Å². The summed E-state index contributed by atoms with van der Waals surface area (Å²) in [5.74, 6) is -0.657. The van der Waals surface area contributed by atoms with E-state index >= 15 is 0 Å². The summed E-state index contributed by atoms with van der Waals surface area (Å²) >= 11 is 6.32. The van der Waals surface area contributed by atoms with Crippen molar-refractivity contribution in [3.05, 3.63) is 108 Å².